The van der Waals surface area contributed by atoms with Crippen molar-refractivity contribution < 1.29 is 30.8 Å². The number of rotatable bonds is 7. The van der Waals surface area contributed by atoms with Crippen LogP contribution in [0.4, 0.5) is 18.9 Å². The molecule has 162 valence electrons. The third-order valence-electron chi connectivity index (χ3n) is 4.06. The maximum Gasteiger partial charge on any atom is 0.418 e. The average Bonchev–Trinajstić information content (AvgIpc) is 3.19. The zero-order valence-electron chi connectivity index (χ0n) is 15.9. The fourth-order valence-electron chi connectivity index (χ4n) is 2.60. The Balaban J connectivity index is 1.60. The van der Waals surface area contributed by atoms with Crippen LogP contribution in [0.2, 0.25) is 0 Å². The van der Waals surface area contributed by atoms with Crippen molar-refractivity contribution in [3.63, 3.8) is 0 Å². The lowest BCUT2D eigenvalue weighted by Gasteiger charge is -2.12. The van der Waals surface area contributed by atoms with Crippen LogP contribution in [-0.2, 0) is 27.5 Å². The highest BCUT2D eigenvalue weighted by atomic mass is 32.2. The summed E-state index contributed by atoms with van der Waals surface area (Å²) >= 11 is 0. The summed E-state index contributed by atoms with van der Waals surface area (Å²) in [6.07, 6.45) is -2.32. The summed E-state index contributed by atoms with van der Waals surface area (Å²) in [6.45, 7) is -0.115. The van der Waals surface area contributed by atoms with Crippen molar-refractivity contribution in [3.8, 4) is 0 Å². The number of amides is 1. The van der Waals surface area contributed by atoms with Crippen molar-refractivity contribution in [2.75, 3.05) is 5.32 Å². The summed E-state index contributed by atoms with van der Waals surface area (Å²) in [5, 5.41) is 2.18. The molecule has 1 heterocycles. The standard InChI is InChI=1S/C21H17F3N2O4S/c22-21(23,24)18-8-4-5-9-19(18)26-20(27)13-12-15-10-11-16(30-15)14-25-31(28,29)17-6-2-1-3-7-17/h1-13,25H,14H2,(H,26,27)/b13-12+. The number of anilines is 1. The van der Waals surface area contributed by atoms with E-state index >= 15 is 0 Å². The van der Waals surface area contributed by atoms with Gasteiger partial charge < -0.3 is 9.73 Å². The van der Waals surface area contributed by atoms with Crippen LogP contribution in [0.3, 0.4) is 0 Å². The topological polar surface area (TPSA) is 88.4 Å². The van der Waals surface area contributed by atoms with Crippen LogP contribution in [0.25, 0.3) is 6.08 Å². The third-order valence-corrected chi connectivity index (χ3v) is 5.48. The molecule has 2 N–H and O–H groups in total. The van der Waals surface area contributed by atoms with Crippen LogP contribution < -0.4 is 10.0 Å². The van der Waals surface area contributed by atoms with Gasteiger partial charge in [0.2, 0.25) is 15.9 Å². The number of sulfonamides is 1. The van der Waals surface area contributed by atoms with Gasteiger partial charge in [-0.2, -0.15) is 13.2 Å². The highest BCUT2D eigenvalue weighted by molar-refractivity contribution is 7.89. The predicted molar refractivity (Wildman–Crippen MR) is 108 cm³/mol. The molecule has 0 saturated heterocycles. The highest BCUT2D eigenvalue weighted by Crippen LogP contribution is 2.34. The molecule has 0 fully saturated rings. The zero-order chi connectivity index (χ0) is 22.5. The number of para-hydroxylation sites is 1. The van der Waals surface area contributed by atoms with Crippen LogP contribution in [-0.4, -0.2) is 14.3 Å². The van der Waals surface area contributed by atoms with E-state index in [0.717, 1.165) is 18.2 Å². The van der Waals surface area contributed by atoms with Crippen LogP contribution >= 0.6 is 0 Å². The van der Waals surface area contributed by atoms with Gasteiger partial charge in [-0.1, -0.05) is 30.3 Å². The van der Waals surface area contributed by atoms with Crippen molar-refractivity contribution in [2.45, 2.75) is 17.6 Å². The van der Waals surface area contributed by atoms with Gasteiger partial charge in [0.1, 0.15) is 11.5 Å². The van der Waals surface area contributed by atoms with Gasteiger partial charge in [0.15, 0.2) is 0 Å². The Hall–Kier alpha value is -3.37. The molecule has 0 aliphatic heterocycles. The average molecular weight is 450 g/mol. The number of furan rings is 1. The molecule has 0 unspecified atom stereocenters. The monoisotopic (exact) mass is 450 g/mol. The number of hydrogen-bond donors (Lipinski definition) is 2. The number of alkyl halides is 3. The zero-order valence-corrected chi connectivity index (χ0v) is 16.7. The lowest BCUT2D eigenvalue weighted by Crippen LogP contribution is -2.22. The lowest BCUT2D eigenvalue weighted by atomic mass is 10.1. The first-order chi connectivity index (χ1) is 14.6. The van der Waals surface area contributed by atoms with E-state index in [9.17, 15) is 26.4 Å². The molecule has 31 heavy (non-hydrogen) atoms. The van der Waals surface area contributed by atoms with E-state index in [2.05, 4.69) is 10.0 Å². The second kappa shape index (κ2) is 9.19. The van der Waals surface area contributed by atoms with E-state index in [1.54, 1.807) is 18.2 Å². The molecule has 3 rings (SSSR count). The van der Waals surface area contributed by atoms with E-state index in [1.807, 2.05) is 0 Å². The molecule has 6 nitrogen and oxygen atoms in total. The van der Waals surface area contributed by atoms with Crippen LogP contribution in [0.15, 0.2) is 82.1 Å². The Bertz CT molecular complexity index is 1190. The van der Waals surface area contributed by atoms with Crippen LogP contribution in [0.5, 0.6) is 0 Å². The summed E-state index contributed by atoms with van der Waals surface area (Å²) in [4.78, 5) is 12.1. The van der Waals surface area contributed by atoms with Crippen LogP contribution in [0, 0.1) is 0 Å². The van der Waals surface area contributed by atoms with Gasteiger partial charge in [-0.25, -0.2) is 13.1 Å². The first-order valence-electron chi connectivity index (χ1n) is 8.94. The van der Waals surface area contributed by atoms with E-state index < -0.39 is 27.7 Å². The molecule has 0 aliphatic carbocycles. The van der Waals surface area contributed by atoms with E-state index in [1.165, 1.54) is 42.5 Å². The van der Waals surface area contributed by atoms with Crippen molar-refractivity contribution in [1.82, 2.24) is 4.72 Å². The van der Waals surface area contributed by atoms with Gasteiger partial charge in [0.05, 0.1) is 22.7 Å². The maximum atomic E-state index is 13.0. The summed E-state index contributed by atoms with van der Waals surface area (Å²) in [6, 6.07) is 15.4. The quantitative estimate of drug-likeness (QED) is 0.522. The Morgan fingerprint density at radius 2 is 1.65 bits per heavy atom. The second-order valence-electron chi connectivity index (χ2n) is 6.31. The smallest absolute Gasteiger partial charge is 0.418 e. The maximum absolute atomic E-state index is 13.0. The van der Waals surface area contributed by atoms with Crippen molar-refractivity contribution >= 4 is 27.7 Å². The normalized spacial score (nSPS) is 12.2. The summed E-state index contributed by atoms with van der Waals surface area (Å²) < 4.78 is 71.2. The fraction of sp³-hybridized carbons (Fsp3) is 0.0952. The van der Waals surface area contributed by atoms with E-state index in [0.29, 0.717) is 5.76 Å². The van der Waals surface area contributed by atoms with E-state index in [4.69, 9.17) is 4.42 Å². The Labute approximate surface area is 176 Å². The molecule has 0 radical (unpaired) electrons. The minimum absolute atomic E-state index is 0.109. The van der Waals surface area contributed by atoms with Crippen LogP contribution in [0.1, 0.15) is 17.1 Å². The minimum atomic E-state index is -4.60. The predicted octanol–water partition coefficient (Wildman–Crippen LogP) is 4.43. The van der Waals surface area contributed by atoms with Gasteiger partial charge >= 0.3 is 6.18 Å². The second-order valence-corrected chi connectivity index (χ2v) is 8.07. The van der Waals surface area contributed by atoms with Gasteiger partial charge in [-0.3, -0.25) is 4.79 Å². The summed E-state index contributed by atoms with van der Waals surface area (Å²) in [5.41, 5.74) is -1.32. The number of halogens is 3. The first kappa shape index (κ1) is 22.3. The highest BCUT2D eigenvalue weighted by Gasteiger charge is 2.33. The molecule has 0 spiro atoms. The molecule has 2 aromatic carbocycles. The molecule has 1 aromatic heterocycles. The Morgan fingerprint density at radius 3 is 2.35 bits per heavy atom. The van der Waals surface area contributed by atoms with Gasteiger partial charge in [0, 0.05) is 6.08 Å². The van der Waals surface area contributed by atoms with Gasteiger partial charge in [0.25, 0.3) is 0 Å². The lowest BCUT2D eigenvalue weighted by molar-refractivity contribution is -0.137. The number of hydrogen-bond acceptors (Lipinski definition) is 4. The van der Waals surface area contributed by atoms with Gasteiger partial charge in [-0.15, -0.1) is 0 Å². The molecule has 10 heteroatoms. The minimum Gasteiger partial charge on any atom is -0.460 e. The molecule has 0 bridgehead atoms. The molecule has 0 aliphatic rings. The van der Waals surface area contributed by atoms with Gasteiger partial charge in [-0.05, 0) is 42.5 Å². The Kier molecular flexibility index (Phi) is 6.62. The molecule has 0 atom stereocenters. The van der Waals surface area contributed by atoms with Crippen molar-refractivity contribution in [2.24, 2.45) is 0 Å². The number of carbonyl (C=O) groups is 1. The van der Waals surface area contributed by atoms with Crippen molar-refractivity contribution in [1.29, 1.82) is 0 Å². The molecular weight excluding hydrogens is 433 g/mol. The molecule has 0 saturated carbocycles. The molecular formula is C21H17F3N2O4S. The Morgan fingerprint density at radius 1 is 0.968 bits per heavy atom. The fourth-order valence-corrected chi connectivity index (χ4v) is 3.61. The number of benzene rings is 2. The molecule has 3 aromatic rings. The van der Waals surface area contributed by atoms with E-state index in [-0.39, 0.29) is 22.9 Å². The first-order valence-corrected chi connectivity index (χ1v) is 10.4. The number of carbonyl (C=O) groups excluding carboxylic acids is 1. The largest absolute Gasteiger partial charge is 0.460 e. The third kappa shape index (κ3) is 6.06. The molecule has 1 amide bonds. The summed E-state index contributed by atoms with van der Waals surface area (Å²) in [7, 11) is -3.71. The summed E-state index contributed by atoms with van der Waals surface area (Å²) in [5.74, 6) is -0.255. The SMILES string of the molecule is O=C(/C=C/c1ccc(CNS(=O)(=O)c2ccccc2)o1)Nc1ccccc1C(F)(F)F. The number of nitrogens with one attached hydrogen (secondary N) is 2. The van der Waals surface area contributed by atoms with Crippen molar-refractivity contribution in [3.05, 3.63) is 89.9 Å².